The summed E-state index contributed by atoms with van der Waals surface area (Å²) in [5.41, 5.74) is 3.08. The molecule has 2 aromatic carbocycles. The lowest BCUT2D eigenvalue weighted by Crippen LogP contribution is -2.09. The van der Waals surface area contributed by atoms with Gasteiger partial charge in [-0.25, -0.2) is 0 Å². The first-order valence-electron chi connectivity index (χ1n) is 6.57. The van der Waals surface area contributed by atoms with Gasteiger partial charge >= 0.3 is 5.97 Å². The Morgan fingerprint density at radius 2 is 1.70 bits per heavy atom. The molecular formula is C17H15NO2. The maximum atomic E-state index is 11.0. The fourth-order valence-electron chi connectivity index (χ4n) is 2.52. The van der Waals surface area contributed by atoms with Crippen LogP contribution in [0.4, 0.5) is 0 Å². The first-order valence-corrected chi connectivity index (χ1v) is 6.57. The number of rotatable bonds is 4. The fourth-order valence-corrected chi connectivity index (χ4v) is 2.52. The Bertz CT molecular complexity index is 744. The van der Waals surface area contributed by atoms with Gasteiger partial charge in [-0.05, 0) is 23.1 Å². The molecule has 0 fully saturated rings. The van der Waals surface area contributed by atoms with E-state index in [1.54, 1.807) is 0 Å². The molecule has 0 amide bonds. The van der Waals surface area contributed by atoms with E-state index >= 15 is 0 Å². The second-order valence-corrected chi connectivity index (χ2v) is 4.84. The molecule has 0 bridgehead atoms. The van der Waals surface area contributed by atoms with Gasteiger partial charge in [0.2, 0.25) is 0 Å². The molecule has 0 radical (unpaired) electrons. The van der Waals surface area contributed by atoms with Crippen molar-refractivity contribution in [3.8, 4) is 0 Å². The van der Waals surface area contributed by atoms with Crippen molar-refractivity contribution in [3.05, 3.63) is 71.9 Å². The summed E-state index contributed by atoms with van der Waals surface area (Å²) in [5, 5.41) is 10.2. The van der Waals surface area contributed by atoms with Crippen LogP contribution in [0.25, 0.3) is 10.9 Å². The van der Waals surface area contributed by atoms with Crippen LogP contribution in [0.2, 0.25) is 0 Å². The summed E-state index contributed by atoms with van der Waals surface area (Å²) < 4.78 is 2.08. The predicted octanol–water partition coefficient (Wildman–Crippen LogP) is 3.32. The molecule has 1 heterocycles. The van der Waals surface area contributed by atoms with Crippen LogP contribution >= 0.6 is 0 Å². The van der Waals surface area contributed by atoms with E-state index in [1.807, 2.05) is 48.5 Å². The van der Waals surface area contributed by atoms with Crippen LogP contribution in [-0.2, 0) is 17.8 Å². The molecule has 1 aromatic heterocycles. The molecule has 0 aliphatic heterocycles. The summed E-state index contributed by atoms with van der Waals surface area (Å²) in [6.45, 7) is 0.691. The van der Waals surface area contributed by atoms with Gasteiger partial charge in [0.05, 0.1) is 6.42 Å². The van der Waals surface area contributed by atoms with E-state index in [1.165, 1.54) is 5.56 Å². The molecule has 1 N–H and O–H groups in total. The van der Waals surface area contributed by atoms with E-state index in [0.29, 0.717) is 6.54 Å². The lowest BCUT2D eigenvalue weighted by atomic mass is 10.2. The Balaban J connectivity index is 2.08. The first-order chi connectivity index (χ1) is 9.74. The summed E-state index contributed by atoms with van der Waals surface area (Å²) in [6, 6.07) is 20.1. The lowest BCUT2D eigenvalue weighted by Gasteiger charge is -2.10. The van der Waals surface area contributed by atoms with Crippen molar-refractivity contribution in [2.45, 2.75) is 13.0 Å². The molecule has 100 valence electrons. The Morgan fingerprint density at radius 3 is 2.45 bits per heavy atom. The molecule has 0 aliphatic carbocycles. The van der Waals surface area contributed by atoms with Gasteiger partial charge < -0.3 is 9.67 Å². The van der Waals surface area contributed by atoms with Crippen molar-refractivity contribution >= 4 is 16.9 Å². The van der Waals surface area contributed by atoms with E-state index in [9.17, 15) is 4.79 Å². The third-order valence-corrected chi connectivity index (χ3v) is 3.41. The van der Waals surface area contributed by atoms with E-state index in [-0.39, 0.29) is 6.42 Å². The van der Waals surface area contributed by atoms with E-state index < -0.39 is 5.97 Å². The van der Waals surface area contributed by atoms with Gasteiger partial charge in [-0.1, -0.05) is 48.5 Å². The maximum Gasteiger partial charge on any atom is 0.309 e. The molecule has 3 rings (SSSR count). The van der Waals surface area contributed by atoms with Crippen molar-refractivity contribution < 1.29 is 9.90 Å². The molecule has 3 aromatic rings. The third kappa shape index (κ3) is 2.43. The largest absolute Gasteiger partial charge is 0.481 e. The summed E-state index contributed by atoms with van der Waals surface area (Å²) in [5.74, 6) is -0.804. The summed E-state index contributed by atoms with van der Waals surface area (Å²) in [7, 11) is 0. The molecule has 0 unspecified atom stereocenters. The molecule has 3 nitrogen and oxygen atoms in total. The number of aliphatic carboxylic acids is 1. The first kappa shape index (κ1) is 12.5. The molecule has 0 atom stereocenters. The monoisotopic (exact) mass is 265 g/mol. The predicted molar refractivity (Wildman–Crippen MR) is 78.8 cm³/mol. The average molecular weight is 265 g/mol. The molecule has 0 spiro atoms. The normalized spacial score (nSPS) is 10.8. The highest BCUT2D eigenvalue weighted by Gasteiger charge is 2.11. The van der Waals surface area contributed by atoms with E-state index in [0.717, 1.165) is 16.6 Å². The number of hydrogen-bond donors (Lipinski definition) is 1. The molecular weight excluding hydrogens is 250 g/mol. The van der Waals surface area contributed by atoms with Gasteiger partial charge in [0.25, 0.3) is 0 Å². The van der Waals surface area contributed by atoms with Gasteiger partial charge in [0, 0.05) is 17.8 Å². The van der Waals surface area contributed by atoms with Crippen LogP contribution in [0.15, 0.2) is 60.7 Å². The second kappa shape index (κ2) is 5.21. The number of para-hydroxylation sites is 1. The maximum absolute atomic E-state index is 11.0. The van der Waals surface area contributed by atoms with Crippen molar-refractivity contribution in [2.75, 3.05) is 0 Å². The highest BCUT2D eigenvalue weighted by Crippen LogP contribution is 2.21. The number of benzene rings is 2. The van der Waals surface area contributed by atoms with Crippen LogP contribution in [-0.4, -0.2) is 15.6 Å². The van der Waals surface area contributed by atoms with Crippen molar-refractivity contribution in [3.63, 3.8) is 0 Å². The average Bonchev–Trinajstić information content (AvgIpc) is 2.77. The van der Waals surface area contributed by atoms with Gasteiger partial charge in [-0.2, -0.15) is 0 Å². The fraction of sp³-hybridized carbons (Fsp3) is 0.118. The highest BCUT2D eigenvalue weighted by atomic mass is 16.4. The number of hydrogen-bond acceptors (Lipinski definition) is 1. The van der Waals surface area contributed by atoms with E-state index in [2.05, 4.69) is 16.7 Å². The Labute approximate surface area is 117 Å². The smallest absolute Gasteiger partial charge is 0.309 e. The van der Waals surface area contributed by atoms with E-state index in [4.69, 9.17) is 5.11 Å². The second-order valence-electron chi connectivity index (χ2n) is 4.84. The third-order valence-electron chi connectivity index (χ3n) is 3.41. The molecule has 20 heavy (non-hydrogen) atoms. The number of carboxylic acids is 1. The van der Waals surface area contributed by atoms with Crippen molar-refractivity contribution in [2.24, 2.45) is 0 Å². The minimum absolute atomic E-state index is 0.0432. The number of nitrogens with zero attached hydrogens (tertiary/aromatic N) is 1. The van der Waals surface area contributed by atoms with Crippen LogP contribution in [0.5, 0.6) is 0 Å². The number of aromatic nitrogens is 1. The summed E-state index contributed by atoms with van der Waals surface area (Å²) in [4.78, 5) is 11.0. The Hall–Kier alpha value is -2.55. The lowest BCUT2D eigenvalue weighted by molar-refractivity contribution is -0.136. The van der Waals surface area contributed by atoms with Gasteiger partial charge in [-0.3, -0.25) is 4.79 Å². The summed E-state index contributed by atoms with van der Waals surface area (Å²) >= 11 is 0. The summed E-state index contributed by atoms with van der Waals surface area (Å²) in [6.07, 6.45) is 0.0432. The van der Waals surface area contributed by atoms with Gasteiger partial charge in [-0.15, -0.1) is 0 Å². The van der Waals surface area contributed by atoms with Crippen LogP contribution in [0.1, 0.15) is 11.3 Å². The molecule has 3 heteroatoms. The molecule has 0 aliphatic rings. The SMILES string of the molecule is O=C(O)Cc1cc2ccccc2n1Cc1ccccc1. The quantitative estimate of drug-likeness (QED) is 0.786. The standard InChI is InChI=1S/C17H15NO2/c19-17(20)11-15-10-14-8-4-5-9-16(14)18(15)12-13-6-2-1-3-7-13/h1-10H,11-12H2,(H,19,20). The molecule has 0 saturated heterocycles. The van der Waals surface area contributed by atoms with Gasteiger partial charge in [0.1, 0.15) is 0 Å². The topological polar surface area (TPSA) is 42.2 Å². The number of carbonyl (C=O) groups is 1. The zero-order valence-electron chi connectivity index (χ0n) is 11.0. The van der Waals surface area contributed by atoms with Crippen molar-refractivity contribution in [1.82, 2.24) is 4.57 Å². The zero-order valence-corrected chi connectivity index (χ0v) is 11.0. The van der Waals surface area contributed by atoms with Crippen LogP contribution in [0, 0.1) is 0 Å². The zero-order chi connectivity index (χ0) is 13.9. The Morgan fingerprint density at radius 1 is 1.00 bits per heavy atom. The van der Waals surface area contributed by atoms with Crippen LogP contribution in [0.3, 0.4) is 0 Å². The minimum Gasteiger partial charge on any atom is -0.481 e. The minimum atomic E-state index is -0.804. The Kier molecular flexibility index (Phi) is 3.25. The van der Waals surface area contributed by atoms with Crippen molar-refractivity contribution in [1.29, 1.82) is 0 Å². The highest BCUT2D eigenvalue weighted by molar-refractivity contribution is 5.83. The van der Waals surface area contributed by atoms with Crippen LogP contribution < -0.4 is 0 Å². The van der Waals surface area contributed by atoms with Gasteiger partial charge in [0.15, 0.2) is 0 Å². The molecule has 0 saturated carbocycles. The number of carboxylic acid groups (broad SMARTS) is 1. The number of fused-ring (bicyclic) bond motifs is 1.